The monoisotopic (exact) mass is 474 g/mol. The summed E-state index contributed by atoms with van der Waals surface area (Å²) in [6.07, 6.45) is 4.21. The van der Waals surface area contributed by atoms with Gasteiger partial charge in [-0.2, -0.15) is 0 Å². The quantitative estimate of drug-likeness (QED) is 0.215. The van der Waals surface area contributed by atoms with Crippen molar-refractivity contribution in [1.29, 1.82) is 0 Å². The van der Waals surface area contributed by atoms with Crippen LogP contribution in [0.1, 0.15) is 11.1 Å². The predicted molar refractivity (Wildman–Crippen MR) is 131 cm³/mol. The van der Waals surface area contributed by atoms with Crippen LogP contribution in [0.3, 0.4) is 0 Å². The van der Waals surface area contributed by atoms with Gasteiger partial charge in [-0.05, 0) is 36.6 Å². The maximum absolute atomic E-state index is 12.6. The lowest BCUT2D eigenvalue weighted by Gasteiger charge is -2.11. The van der Waals surface area contributed by atoms with E-state index in [1.165, 1.54) is 29.5 Å². The van der Waals surface area contributed by atoms with Crippen LogP contribution in [-0.2, 0) is 17.8 Å². The van der Waals surface area contributed by atoms with E-state index in [0.29, 0.717) is 23.2 Å². The largest absolute Gasteiger partial charge is 0.325 e. The van der Waals surface area contributed by atoms with Crippen molar-refractivity contribution in [2.75, 3.05) is 11.1 Å². The summed E-state index contributed by atoms with van der Waals surface area (Å²) in [5.41, 5.74) is 3.11. The van der Waals surface area contributed by atoms with E-state index >= 15 is 0 Å². The van der Waals surface area contributed by atoms with Crippen molar-refractivity contribution in [3.63, 3.8) is 0 Å². The Morgan fingerprint density at radius 3 is 2.68 bits per heavy atom. The molecule has 0 fully saturated rings. The number of non-ortho nitro benzene ring substituents is 1. The van der Waals surface area contributed by atoms with Gasteiger partial charge in [0.1, 0.15) is 0 Å². The van der Waals surface area contributed by atoms with Crippen molar-refractivity contribution >= 4 is 29.0 Å². The highest BCUT2D eigenvalue weighted by Crippen LogP contribution is 2.25. The molecule has 0 unspecified atom stereocenters. The summed E-state index contributed by atoms with van der Waals surface area (Å²) < 4.78 is 1.99. The van der Waals surface area contributed by atoms with E-state index in [4.69, 9.17) is 0 Å². The number of nitro groups is 1. The normalized spacial score (nSPS) is 10.7. The SMILES string of the molecule is Cc1ccc([N+](=O)[O-])cc1NC(=O)CSc1nnc(-c2cccnc2)n1CCc1ccccc1. The van der Waals surface area contributed by atoms with E-state index in [-0.39, 0.29) is 17.3 Å². The molecule has 2 heterocycles. The molecule has 0 radical (unpaired) electrons. The number of hydrogen-bond acceptors (Lipinski definition) is 7. The number of nitrogens with zero attached hydrogens (tertiary/aromatic N) is 5. The Bertz CT molecular complexity index is 1290. The summed E-state index contributed by atoms with van der Waals surface area (Å²) in [6, 6.07) is 18.3. The number of nitro benzene ring substituents is 1. The van der Waals surface area contributed by atoms with E-state index in [1.54, 1.807) is 25.4 Å². The van der Waals surface area contributed by atoms with Gasteiger partial charge in [0.2, 0.25) is 5.91 Å². The Kier molecular flexibility index (Phi) is 7.28. The third-order valence-electron chi connectivity index (χ3n) is 5.14. The van der Waals surface area contributed by atoms with Crippen molar-refractivity contribution in [2.45, 2.75) is 25.0 Å². The number of aryl methyl sites for hydroxylation is 2. The fraction of sp³-hybridized carbons (Fsp3) is 0.167. The molecule has 4 aromatic rings. The van der Waals surface area contributed by atoms with Crippen molar-refractivity contribution < 1.29 is 9.72 Å². The van der Waals surface area contributed by atoms with Crippen LogP contribution in [0.2, 0.25) is 0 Å². The molecule has 0 aliphatic rings. The second-order valence-corrected chi connectivity index (χ2v) is 8.47. The minimum atomic E-state index is -0.487. The van der Waals surface area contributed by atoms with E-state index < -0.39 is 4.92 Å². The van der Waals surface area contributed by atoms with Crippen molar-refractivity contribution in [3.8, 4) is 11.4 Å². The topological polar surface area (TPSA) is 116 Å². The van der Waals surface area contributed by atoms with Gasteiger partial charge in [-0.3, -0.25) is 19.9 Å². The van der Waals surface area contributed by atoms with Gasteiger partial charge in [-0.15, -0.1) is 10.2 Å². The number of rotatable bonds is 9. The molecule has 1 N–H and O–H groups in total. The number of carbonyl (C=O) groups is 1. The van der Waals surface area contributed by atoms with Gasteiger partial charge in [0.05, 0.1) is 16.4 Å². The average molecular weight is 475 g/mol. The summed E-state index contributed by atoms with van der Waals surface area (Å²) in [4.78, 5) is 27.4. The molecule has 0 spiro atoms. The lowest BCUT2D eigenvalue weighted by Crippen LogP contribution is -2.16. The molecule has 2 aromatic heterocycles. The third kappa shape index (κ3) is 5.65. The van der Waals surface area contributed by atoms with E-state index in [9.17, 15) is 14.9 Å². The predicted octanol–water partition coefficient (Wildman–Crippen LogP) is 4.53. The van der Waals surface area contributed by atoms with Gasteiger partial charge in [0, 0.05) is 36.6 Å². The number of nitrogens with one attached hydrogen (secondary N) is 1. The molecular weight excluding hydrogens is 452 g/mol. The van der Waals surface area contributed by atoms with Crippen molar-refractivity contribution in [1.82, 2.24) is 19.7 Å². The lowest BCUT2D eigenvalue weighted by atomic mass is 10.1. The number of amides is 1. The second kappa shape index (κ2) is 10.7. The number of hydrogen-bond donors (Lipinski definition) is 1. The molecule has 0 aliphatic carbocycles. The van der Waals surface area contributed by atoms with E-state index in [2.05, 4.69) is 32.6 Å². The molecule has 0 bridgehead atoms. The Labute approximate surface area is 200 Å². The fourth-order valence-electron chi connectivity index (χ4n) is 3.37. The van der Waals surface area contributed by atoms with Gasteiger partial charge < -0.3 is 9.88 Å². The highest BCUT2D eigenvalue weighted by Gasteiger charge is 2.17. The molecular formula is C24H22N6O3S. The van der Waals surface area contributed by atoms with Crippen LogP contribution in [0.5, 0.6) is 0 Å². The van der Waals surface area contributed by atoms with Crippen molar-refractivity contribution in [3.05, 3.63) is 94.3 Å². The molecule has 0 aliphatic heterocycles. The third-order valence-corrected chi connectivity index (χ3v) is 6.11. The van der Waals surface area contributed by atoms with Crippen LogP contribution in [0.4, 0.5) is 11.4 Å². The lowest BCUT2D eigenvalue weighted by molar-refractivity contribution is -0.384. The summed E-state index contributed by atoms with van der Waals surface area (Å²) in [6.45, 7) is 2.42. The molecule has 10 heteroatoms. The molecule has 2 aromatic carbocycles. The zero-order valence-corrected chi connectivity index (χ0v) is 19.2. The molecule has 0 saturated carbocycles. The van der Waals surface area contributed by atoms with Crippen LogP contribution in [0.25, 0.3) is 11.4 Å². The summed E-state index contributed by atoms with van der Waals surface area (Å²) in [5, 5.41) is 23.1. The smallest absolute Gasteiger partial charge is 0.271 e. The Morgan fingerprint density at radius 1 is 1.12 bits per heavy atom. The van der Waals surface area contributed by atoms with Gasteiger partial charge in [-0.25, -0.2) is 0 Å². The van der Waals surface area contributed by atoms with Crippen molar-refractivity contribution in [2.24, 2.45) is 0 Å². The summed E-state index contributed by atoms with van der Waals surface area (Å²) in [5.74, 6) is 0.481. The number of pyridine rings is 1. The first kappa shape index (κ1) is 23.1. The Hall–Kier alpha value is -4.05. The minimum Gasteiger partial charge on any atom is -0.325 e. The zero-order chi connectivity index (χ0) is 23.9. The number of aromatic nitrogens is 4. The first-order chi connectivity index (χ1) is 16.5. The molecule has 4 rings (SSSR count). The van der Waals surface area contributed by atoms with Gasteiger partial charge >= 0.3 is 0 Å². The van der Waals surface area contributed by atoms with Crippen LogP contribution in [0, 0.1) is 17.0 Å². The molecule has 172 valence electrons. The van der Waals surface area contributed by atoms with Crippen LogP contribution in [-0.4, -0.2) is 36.3 Å². The molecule has 1 amide bonds. The van der Waals surface area contributed by atoms with E-state index in [1.807, 2.05) is 34.9 Å². The standard InChI is InChI=1S/C24H22N6O3S/c1-17-9-10-20(30(32)33)14-21(17)26-22(31)16-34-24-28-27-23(19-8-5-12-25-15-19)29(24)13-11-18-6-3-2-4-7-18/h2-10,12,14-15H,11,13,16H2,1H3,(H,26,31). The molecule has 34 heavy (non-hydrogen) atoms. The number of benzene rings is 2. The van der Waals surface area contributed by atoms with Crippen LogP contribution < -0.4 is 5.32 Å². The second-order valence-electron chi connectivity index (χ2n) is 7.53. The summed E-state index contributed by atoms with van der Waals surface area (Å²) in [7, 11) is 0. The number of carbonyl (C=O) groups excluding carboxylic acids is 1. The molecule has 9 nitrogen and oxygen atoms in total. The highest BCUT2D eigenvalue weighted by molar-refractivity contribution is 7.99. The maximum atomic E-state index is 12.6. The van der Waals surface area contributed by atoms with Gasteiger partial charge in [0.15, 0.2) is 11.0 Å². The fourth-order valence-corrected chi connectivity index (χ4v) is 4.13. The average Bonchev–Trinajstić information content (AvgIpc) is 3.26. The van der Waals surface area contributed by atoms with Crippen LogP contribution in [0.15, 0.2) is 78.2 Å². The maximum Gasteiger partial charge on any atom is 0.271 e. The molecule has 0 saturated heterocycles. The zero-order valence-electron chi connectivity index (χ0n) is 18.4. The summed E-state index contributed by atoms with van der Waals surface area (Å²) >= 11 is 1.26. The number of thioether (sulfide) groups is 1. The Morgan fingerprint density at radius 2 is 1.94 bits per heavy atom. The van der Waals surface area contributed by atoms with Gasteiger partial charge in [-0.1, -0.05) is 48.2 Å². The highest BCUT2D eigenvalue weighted by atomic mass is 32.2. The minimum absolute atomic E-state index is 0.0738. The van der Waals surface area contributed by atoms with Gasteiger partial charge in [0.25, 0.3) is 5.69 Å². The molecule has 0 atom stereocenters. The first-order valence-electron chi connectivity index (χ1n) is 10.6. The van der Waals surface area contributed by atoms with E-state index in [0.717, 1.165) is 17.5 Å². The van der Waals surface area contributed by atoms with Crippen LogP contribution >= 0.6 is 11.8 Å². The first-order valence-corrected chi connectivity index (χ1v) is 11.5. The number of anilines is 1. The Balaban J connectivity index is 1.50.